The summed E-state index contributed by atoms with van der Waals surface area (Å²) < 4.78 is 0. The van der Waals surface area contributed by atoms with Crippen molar-refractivity contribution in [1.82, 2.24) is 9.97 Å². The van der Waals surface area contributed by atoms with E-state index in [1.807, 2.05) is 37.3 Å². The van der Waals surface area contributed by atoms with E-state index in [0.717, 1.165) is 37.4 Å². The largest absolute Gasteiger partial charge is 0.368 e. The number of hydrogen-bond donors (Lipinski definition) is 1. The number of piperazine rings is 1. The zero-order valence-corrected chi connectivity index (χ0v) is 15.9. The first-order chi connectivity index (χ1) is 13.7. The number of para-hydroxylation sites is 1. The number of carbonyl (C=O) groups is 1. The number of aryl methyl sites for hydroxylation is 1. The number of hydrogen-bond acceptors (Lipinski definition) is 5. The Hall–Kier alpha value is -3.41. The highest BCUT2D eigenvalue weighted by Gasteiger charge is 2.20. The van der Waals surface area contributed by atoms with Gasteiger partial charge in [-0.15, -0.1) is 0 Å². The average Bonchev–Trinajstić information content (AvgIpc) is 2.75. The van der Waals surface area contributed by atoms with Gasteiger partial charge in [0, 0.05) is 43.8 Å². The minimum Gasteiger partial charge on any atom is -0.368 e. The molecule has 0 radical (unpaired) electrons. The number of anilines is 3. The third-order valence-electron chi connectivity index (χ3n) is 4.84. The van der Waals surface area contributed by atoms with Crippen LogP contribution in [0, 0.1) is 6.92 Å². The SMILES string of the molecule is Cc1cccc(NC(=O)c2ccnc(N3CCN(c4ccccc4)CC3)n2)c1. The van der Waals surface area contributed by atoms with Crippen molar-refractivity contribution in [2.45, 2.75) is 6.92 Å². The second kappa shape index (κ2) is 8.08. The van der Waals surface area contributed by atoms with E-state index in [1.54, 1.807) is 12.3 Å². The molecule has 2 aromatic carbocycles. The molecular formula is C22H23N5O. The summed E-state index contributed by atoms with van der Waals surface area (Å²) in [5.74, 6) is 0.377. The first kappa shape index (κ1) is 18.0. The van der Waals surface area contributed by atoms with Gasteiger partial charge in [0.1, 0.15) is 5.69 Å². The van der Waals surface area contributed by atoms with Gasteiger partial charge in [-0.3, -0.25) is 4.79 Å². The van der Waals surface area contributed by atoms with Crippen LogP contribution >= 0.6 is 0 Å². The summed E-state index contributed by atoms with van der Waals surface area (Å²) in [6.07, 6.45) is 1.65. The highest BCUT2D eigenvalue weighted by molar-refractivity contribution is 6.03. The van der Waals surface area contributed by atoms with E-state index < -0.39 is 0 Å². The van der Waals surface area contributed by atoms with Crippen molar-refractivity contribution in [3.63, 3.8) is 0 Å². The molecule has 6 heteroatoms. The average molecular weight is 373 g/mol. The van der Waals surface area contributed by atoms with Crippen LogP contribution in [0.3, 0.4) is 0 Å². The van der Waals surface area contributed by atoms with E-state index in [0.29, 0.717) is 11.6 Å². The summed E-state index contributed by atoms with van der Waals surface area (Å²) in [5, 5.41) is 2.90. The molecular weight excluding hydrogens is 350 g/mol. The first-order valence-corrected chi connectivity index (χ1v) is 9.45. The lowest BCUT2D eigenvalue weighted by molar-refractivity contribution is 0.102. The Morgan fingerprint density at radius 2 is 1.68 bits per heavy atom. The van der Waals surface area contributed by atoms with Crippen LogP contribution in [0.5, 0.6) is 0 Å². The molecule has 0 saturated carbocycles. The van der Waals surface area contributed by atoms with Crippen molar-refractivity contribution < 1.29 is 4.79 Å². The van der Waals surface area contributed by atoms with Crippen molar-refractivity contribution in [3.05, 3.63) is 78.1 Å². The van der Waals surface area contributed by atoms with Gasteiger partial charge in [-0.1, -0.05) is 30.3 Å². The Kier molecular flexibility index (Phi) is 5.19. The standard InChI is InChI=1S/C22H23N5O/c1-17-6-5-7-18(16-17)24-21(28)20-10-11-23-22(25-20)27-14-12-26(13-15-27)19-8-3-2-4-9-19/h2-11,16H,12-15H2,1H3,(H,24,28). The van der Waals surface area contributed by atoms with E-state index in [2.05, 4.69) is 49.4 Å². The summed E-state index contributed by atoms with van der Waals surface area (Å²) in [6, 6.07) is 19.8. The molecule has 0 atom stereocenters. The molecule has 6 nitrogen and oxygen atoms in total. The van der Waals surface area contributed by atoms with Gasteiger partial charge in [-0.05, 0) is 42.8 Å². The Morgan fingerprint density at radius 1 is 0.929 bits per heavy atom. The van der Waals surface area contributed by atoms with Crippen LogP contribution in [0.1, 0.15) is 16.1 Å². The molecule has 0 spiro atoms. The minimum atomic E-state index is -0.225. The normalized spacial score (nSPS) is 14.0. The van der Waals surface area contributed by atoms with Crippen molar-refractivity contribution in [2.75, 3.05) is 41.3 Å². The van der Waals surface area contributed by atoms with Crippen molar-refractivity contribution in [2.24, 2.45) is 0 Å². The minimum absolute atomic E-state index is 0.225. The van der Waals surface area contributed by atoms with Crippen LogP contribution in [0.15, 0.2) is 66.9 Å². The number of amides is 1. The lowest BCUT2D eigenvalue weighted by Gasteiger charge is -2.36. The third-order valence-corrected chi connectivity index (χ3v) is 4.84. The van der Waals surface area contributed by atoms with E-state index in [9.17, 15) is 4.79 Å². The van der Waals surface area contributed by atoms with Gasteiger partial charge in [-0.25, -0.2) is 9.97 Å². The molecule has 1 saturated heterocycles. The maximum Gasteiger partial charge on any atom is 0.274 e. The highest BCUT2D eigenvalue weighted by Crippen LogP contribution is 2.18. The molecule has 1 aliphatic rings. The molecule has 1 amide bonds. The smallest absolute Gasteiger partial charge is 0.274 e. The van der Waals surface area contributed by atoms with E-state index in [4.69, 9.17) is 0 Å². The lowest BCUT2D eigenvalue weighted by atomic mass is 10.2. The number of carbonyl (C=O) groups excluding carboxylic acids is 1. The molecule has 0 bridgehead atoms. The van der Waals surface area contributed by atoms with Gasteiger partial charge >= 0.3 is 0 Å². The van der Waals surface area contributed by atoms with Gasteiger partial charge in [0.2, 0.25) is 5.95 Å². The predicted octanol–water partition coefficient (Wildman–Crippen LogP) is 3.36. The zero-order chi connectivity index (χ0) is 19.3. The van der Waals surface area contributed by atoms with Crippen molar-refractivity contribution >= 4 is 23.2 Å². The molecule has 1 N–H and O–H groups in total. The second-order valence-corrected chi connectivity index (χ2v) is 6.88. The second-order valence-electron chi connectivity index (χ2n) is 6.88. The molecule has 1 aromatic heterocycles. The van der Waals surface area contributed by atoms with Gasteiger partial charge in [-0.2, -0.15) is 0 Å². The van der Waals surface area contributed by atoms with Crippen molar-refractivity contribution in [1.29, 1.82) is 0 Å². The fraction of sp³-hybridized carbons (Fsp3) is 0.227. The Balaban J connectivity index is 1.42. The summed E-state index contributed by atoms with van der Waals surface area (Å²) in [6.45, 7) is 5.42. The molecule has 1 aliphatic heterocycles. The molecule has 142 valence electrons. The summed E-state index contributed by atoms with van der Waals surface area (Å²) in [7, 11) is 0. The number of nitrogens with one attached hydrogen (secondary N) is 1. The molecule has 3 aromatic rings. The quantitative estimate of drug-likeness (QED) is 0.760. The number of rotatable bonds is 4. The molecule has 2 heterocycles. The molecule has 0 unspecified atom stereocenters. The Morgan fingerprint density at radius 3 is 2.43 bits per heavy atom. The molecule has 4 rings (SSSR count). The fourth-order valence-corrected chi connectivity index (χ4v) is 3.35. The lowest BCUT2D eigenvalue weighted by Crippen LogP contribution is -2.47. The van der Waals surface area contributed by atoms with E-state index in [-0.39, 0.29) is 5.91 Å². The maximum absolute atomic E-state index is 12.6. The van der Waals surface area contributed by atoms with E-state index >= 15 is 0 Å². The summed E-state index contributed by atoms with van der Waals surface area (Å²) >= 11 is 0. The van der Waals surface area contributed by atoms with Crippen LogP contribution in [0.2, 0.25) is 0 Å². The number of nitrogens with zero attached hydrogens (tertiary/aromatic N) is 4. The maximum atomic E-state index is 12.6. The number of benzene rings is 2. The van der Waals surface area contributed by atoms with Gasteiger partial charge in [0.25, 0.3) is 5.91 Å². The van der Waals surface area contributed by atoms with Gasteiger partial charge in [0.05, 0.1) is 0 Å². The van der Waals surface area contributed by atoms with Crippen LogP contribution in [0.25, 0.3) is 0 Å². The van der Waals surface area contributed by atoms with Crippen LogP contribution in [-0.4, -0.2) is 42.1 Å². The fourth-order valence-electron chi connectivity index (χ4n) is 3.35. The monoisotopic (exact) mass is 373 g/mol. The van der Waals surface area contributed by atoms with Crippen LogP contribution < -0.4 is 15.1 Å². The first-order valence-electron chi connectivity index (χ1n) is 9.45. The van der Waals surface area contributed by atoms with Crippen molar-refractivity contribution in [3.8, 4) is 0 Å². The Bertz CT molecular complexity index is 952. The summed E-state index contributed by atoms with van der Waals surface area (Å²) in [4.78, 5) is 25.9. The summed E-state index contributed by atoms with van der Waals surface area (Å²) in [5.41, 5.74) is 3.46. The molecule has 28 heavy (non-hydrogen) atoms. The Labute approximate surface area is 164 Å². The van der Waals surface area contributed by atoms with E-state index in [1.165, 1.54) is 5.69 Å². The topological polar surface area (TPSA) is 61.4 Å². The molecule has 1 fully saturated rings. The van der Waals surface area contributed by atoms with Crippen LogP contribution in [0.4, 0.5) is 17.3 Å². The van der Waals surface area contributed by atoms with Gasteiger partial charge < -0.3 is 15.1 Å². The molecule has 0 aliphatic carbocycles. The predicted molar refractivity (Wildman–Crippen MR) is 112 cm³/mol. The highest BCUT2D eigenvalue weighted by atomic mass is 16.1. The van der Waals surface area contributed by atoms with Gasteiger partial charge in [0.15, 0.2) is 0 Å². The number of aromatic nitrogens is 2. The zero-order valence-electron chi connectivity index (χ0n) is 15.9. The van der Waals surface area contributed by atoms with Crippen LogP contribution in [-0.2, 0) is 0 Å². The third kappa shape index (κ3) is 4.11.